The second-order valence-electron chi connectivity index (χ2n) is 6.33. The third-order valence-corrected chi connectivity index (χ3v) is 3.99. The summed E-state index contributed by atoms with van der Waals surface area (Å²) in [6.07, 6.45) is 2.14. The zero-order valence-corrected chi connectivity index (χ0v) is 15.3. The van der Waals surface area contributed by atoms with Gasteiger partial charge in [-0.15, -0.1) is 0 Å². The van der Waals surface area contributed by atoms with Crippen LogP contribution < -0.4 is 9.64 Å². The maximum absolute atomic E-state index is 8.67. The first-order valence-electron chi connectivity index (χ1n) is 8.15. The molecule has 1 heterocycles. The minimum absolute atomic E-state index is 0.457. The SMILES string of the molecule is C=C(C)/C(=C(/C)C=C(C)C)N1CCN(c2ccccc2OC)C1=N. The number of benzene rings is 1. The predicted octanol–water partition coefficient (Wildman–Crippen LogP) is 4.57. The summed E-state index contributed by atoms with van der Waals surface area (Å²) < 4.78 is 5.45. The molecule has 0 aliphatic carbocycles. The van der Waals surface area contributed by atoms with Crippen molar-refractivity contribution in [3.63, 3.8) is 0 Å². The summed E-state index contributed by atoms with van der Waals surface area (Å²) in [7, 11) is 1.66. The average Bonchev–Trinajstić information content (AvgIpc) is 2.88. The van der Waals surface area contributed by atoms with Gasteiger partial charge in [-0.05, 0) is 51.0 Å². The first-order chi connectivity index (χ1) is 11.4. The molecule has 1 aromatic carbocycles. The first kappa shape index (κ1) is 17.9. The van der Waals surface area contributed by atoms with E-state index in [1.54, 1.807) is 7.11 Å². The standard InChI is InChI=1S/C20H27N3O/c1-14(2)13-16(5)19(15(3)4)23-12-11-22(20(23)21)17-9-7-8-10-18(17)24-6/h7-10,13,21H,3,11-12H2,1-2,4-6H3/b19-16+,21-20?. The van der Waals surface area contributed by atoms with Gasteiger partial charge in [0, 0.05) is 18.8 Å². The van der Waals surface area contributed by atoms with Crippen LogP contribution in [0.1, 0.15) is 27.7 Å². The number of ether oxygens (including phenoxy) is 1. The molecule has 0 amide bonds. The molecule has 24 heavy (non-hydrogen) atoms. The number of para-hydroxylation sites is 2. The molecule has 1 saturated heterocycles. The van der Waals surface area contributed by atoms with E-state index in [2.05, 4.69) is 33.4 Å². The Labute approximate surface area is 145 Å². The van der Waals surface area contributed by atoms with Crippen molar-refractivity contribution in [1.29, 1.82) is 5.41 Å². The fourth-order valence-corrected chi connectivity index (χ4v) is 3.14. The van der Waals surface area contributed by atoms with Crippen molar-refractivity contribution in [2.75, 3.05) is 25.1 Å². The summed E-state index contributed by atoms with van der Waals surface area (Å²) >= 11 is 0. The van der Waals surface area contributed by atoms with Crippen molar-refractivity contribution in [2.24, 2.45) is 0 Å². The van der Waals surface area contributed by atoms with E-state index >= 15 is 0 Å². The highest BCUT2D eigenvalue weighted by Crippen LogP contribution is 2.32. The predicted molar refractivity (Wildman–Crippen MR) is 102 cm³/mol. The number of nitrogens with one attached hydrogen (secondary N) is 1. The number of guanidine groups is 1. The lowest BCUT2D eigenvalue weighted by Gasteiger charge is -2.26. The fourth-order valence-electron chi connectivity index (χ4n) is 3.14. The Hall–Kier alpha value is -2.49. The topological polar surface area (TPSA) is 39.6 Å². The summed E-state index contributed by atoms with van der Waals surface area (Å²) in [4.78, 5) is 4.01. The first-order valence-corrected chi connectivity index (χ1v) is 8.15. The maximum atomic E-state index is 8.67. The molecule has 0 atom stereocenters. The van der Waals surface area contributed by atoms with Crippen molar-refractivity contribution in [3.05, 3.63) is 59.3 Å². The molecule has 0 radical (unpaired) electrons. The summed E-state index contributed by atoms with van der Waals surface area (Å²) in [5.41, 5.74) is 5.29. The van der Waals surface area contributed by atoms with Gasteiger partial charge in [-0.25, -0.2) is 0 Å². The smallest absolute Gasteiger partial charge is 0.203 e. The van der Waals surface area contributed by atoms with Crippen LogP contribution in [0.5, 0.6) is 5.75 Å². The zero-order chi connectivity index (χ0) is 17.9. The van der Waals surface area contributed by atoms with Crippen molar-refractivity contribution in [3.8, 4) is 5.75 Å². The van der Waals surface area contributed by atoms with Crippen LogP contribution in [0, 0.1) is 5.41 Å². The van der Waals surface area contributed by atoms with E-state index in [0.29, 0.717) is 5.96 Å². The van der Waals surface area contributed by atoms with E-state index in [9.17, 15) is 0 Å². The Bertz CT molecular complexity index is 711. The summed E-state index contributed by atoms with van der Waals surface area (Å²) in [6, 6.07) is 7.83. The third kappa shape index (κ3) is 3.53. The normalized spacial score (nSPS) is 15.3. The summed E-state index contributed by atoms with van der Waals surface area (Å²) in [6.45, 7) is 13.9. The van der Waals surface area contributed by atoms with Gasteiger partial charge >= 0.3 is 0 Å². The lowest BCUT2D eigenvalue weighted by Crippen LogP contribution is -2.33. The van der Waals surface area contributed by atoms with Crippen LogP contribution in [0.15, 0.2) is 59.3 Å². The van der Waals surface area contributed by atoms with Crippen LogP contribution in [-0.2, 0) is 0 Å². The number of allylic oxidation sites excluding steroid dienone is 4. The van der Waals surface area contributed by atoms with Gasteiger partial charge in [0.05, 0.1) is 12.8 Å². The molecule has 0 saturated carbocycles. The second kappa shape index (κ2) is 7.39. The molecule has 1 N–H and O–H groups in total. The highest BCUT2D eigenvalue weighted by atomic mass is 16.5. The van der Waals surface area contributed by atoms with Gasteiger partial charge in [0.2, 0.25) is 5.96 Å². The summed E-state index contributed by atoms with van der Waals surface area (Å²) in [5, 5.41) is 8.67. The Morgan fingerprint density at radius 3 is 2.42 bits per heavy atom. The van der Waals surface area contributed by atoms with Crippen LogP contribution in [-0.4, -0.2) is 31.1 Å². The third-order valence-electron chi connectivity index (χ3n) is 3.99. The van der Waals surface area contributed by atoms with Crippen LogP contribution >= 0.6 is 0 Å². The Morgan fingerprint density at radius 2 is 1.83 bits per heavy atom. The molecule has 1 aromatic rings. The molecule has 0 unspecified atom stereocenters. The minimum atomic E-state index is 0.457. The lowest BCUT2D eigenvalue weighted by atomic mass is 10.1. The molecule has 0 bridgehead atoms. The van der Waals surface area contributed by atoms with E-state index in [1.807, 2.05) is 41.0 Å². The molecule has 1 fully saturated rings. The number of anilines is 1. The van der Waals surface area contributed by atoms with Crippen molar-refractivity contribution in [1.82, 2.24) is 4.90 Å². The van der Waals surface area contributed by atoms with Crippen LogP contribution in [0.25, 0.3) is 0 Å². The van der Waals surface area contributed by atoms with Crippen LogP contribution in [0.4, 0.5) is 5.69 Å². The number of rotatable bonds is 5. The number of nitrogens with zero attached hydrogens (tertiary/aromatic N) is 2. The van der Waals surface area contributed by atoms with E-state index in [1.165, 1.54) is 5.57 Å². The highest BCUT2D eigenvalue weighted by molar-refractivity contribution is 5.98. The molecule has 128 valence electrons. The number of hydrogen-bond acceptors (Lipinski definition) is 2. The number of hydrogen-bond donors (Lipinski definition) is 1. The minimum Gasteiger partial charge on any atom is -0.495 e. The molecule has 0 spiro atoms. The molecule has 1 aliphatic heterocycles. The van der Waals surface area contributed by atoms with E-state index in [0.717, 1.165) is 41.4 Å². The quantitative estimate of drug-likeness (QED) is 0.806. The summed E-state index contributed by atoms with van der Waals surface area (Å²) in [5.74, 6) is 1.24. The van der Waals surface area contributed by atoms with E-state index in [4.69, 9.17) is 10.1 Å². The van der Waals surface area contributed by atoms with Crippen molar-refractivity contribution >= 4 is 11.6 Å². The Kier molecular flexibility index (Phi) is 5.50. The van der Waals surface area contributed by atoms with Crippen LogP contribution in [0.3, 0.4) is 0 Å². The largest absolute Gasteiger partial charge is 0.495 e. The van der Waals surface area contributed by atoms with Gasteiger partial charge < -0.3 is 14.5 Å². The van der Waals surface area contributed by atoms with Gasteiger partial charge in [-0.3, -0.25) is 5.41 Å². The molecule has 0 aromatic heterocycles. The van der Waals surface area contributed by atoms with Gasteiger partial charge in [-0.2, -0.15) is 0 Å². The van der Waals surface area contributed by atoms with E-state index in [-0.39, 0.29) is 0 Å². The molecule has 2 rings (SSSR count). The lowest BCUT2D eigenvalue weighted by molar-refractivity contribution is 0.415. The van der Waals surface area contributed by atoms with Crippen LogP contribution in [0.2, 0.25) is 0 Å². The van der Waals surface area contributed by atoms with Gasteiger partial charge in [0.1, 0.15) is 5.75 Å². The molecular weight excluding hydrogens is 298 g/mol. The Morgan fingerprint density at radius 1 is 1.17 bits per heavy atom. The molecule has 4 heteroatoms. The average molecular weight is 325 g/mol. The van der Waals surface area contributed by atoms with Gasteiger partial charge in [0.25, 0.3) is 0 Å². The Balaban J connectivity index is 2.40. The molecule has 1 aliphatic rings. The zero-order valence-electron chi connectivity index (χ0n) is 15.3. The van der Waals surface area contributed by atoms with Crippen molar-refractivity contribution in [2.45, 2.75) is 27.7 Å². The van der Waals surface area contributed by atoms with Gasteiger partial charge in [0.15, 0.2) is 0 Å². The molecular formula is C20H27N3O. The van der Waals surface area contributed by atoms with Crippen molar-refractivity contribution < 1.29 is 4.74 Å². The fraction of sp³-hybridized carbons (Fsp3) is 0.350. The molecule has 4 nitrogen and oxygen atoms in total. The maximum Gasteiger partial charge on any atom is 0.203 e. The monoisotopic (exact) mass is 325 g/mol. The second-order valence-corrected chi connectivity index (χ2v) is 6.33. The highest BCUT2D eigenvalue weighted by Gasteiger charge is 2.31. The van der Waals surface area contributed by atoms with Gasteiger partial charge in [-0.1, -0.05) is 30.4 Å². The van der Waals surface area contributed by atoms with E-state index < -0.39 is 0 Å². The number of methoxy groups -OCH3 is 1.